The Labute approximate surface area is 204 Å². The molecule has 0 radical (unpaired) electrons. The molecule has 0 aliphatic rings. The number of hydrogen-bond donors (Lipinski definition) is 1. The zero-order valence-corrected chi connectivity index (χ0v) is 20.5. The number of halogens is 5. The quantitative estimate of drug-likeness (QED) is 0.282. The molecule has 3 nitrogen and oxygen atoms in total. The molecule has 0 saturated heterocycles. The largest absolute Gasteiger partial charge is 0.493 e. The molecule has 31 heavy (non-hydrogen) atoms. The van der Waals surface area contributed by atoms with Crippen molar-refractivity contribution in [3.63, 3.8) is 0 Å². The van der Waals surface area contributed by atoms with Crippen LogP contribution < -0.4 is 14.8 Å². The molecule has 3 rings (SSSR count). The van der Waals surface area contributed by atoms with Crippen LogP contribution in [0, 0.1) is 5.82 Å². The minimum Gasteiger partial charge on any atom is -0.493 e. The molecular formula is C23H20BrCl3FNO2. The minimum atomic E-state index is -0.413. The SMILES string of the molecule is COc1cc(CNCCc2ccc(Cl)cc2Cl)cc(Br)c1OCc1c(F)cccc1Cl. The molecule has 164 valence electrons. The molecule has 8 heteroatoms. The van der Waals surface area contributed by atoms with Crippen molar-refractivity contribution in [1.29, 1.82) is 0 Å². The van der Waals surface area contributed by atoms with Crippen molar-refractivity contribution >= 4 is 50.7 Å². The van der Waals surface area contributed by atoms with E-state index in [1.807, 2.05) is 24.3 Å². The molecule has 1 N–H and O–H groups in total. The van der Waals surface area contributed by atoms with Crippen molar-refractivity contribution < 1.29 is 13.9 Å². The highest BCUT2D eigenvalue weighted by Gasteiger charge is 2.14. The highest BCUT2D eigenvalue weighted by Crippen LogP contribution is 2.37. The van der Waals surface area contributed by atoms with E-state index in [0.29, 0.717) is 43.1 Å². The second-order valence-corrected chi connectivity index (χ2v) is 8.87. The Hall–Kier alpha value is -1.50. The van der Waals surface area contributed by atoms with E-state index < -0.39 is 5.82 Å². The van der Waals surface area contributed by atoms with Crippen LogP contribution in [0.5, 0.6) is 11.5 Å². The molecule has 0 amide bonds. The average molecular weight is 548 g/mol. The zero-order chi connectivity index (χ0) is 22.4. The molecule has 0 fully saturated rings. The molecule has 0 aliphatic carbocycles. The Kier molecular flexibility index (Phi) is 8.87. The van der Waals surface area contributed by atoms with Crippen molar-refractivity contribution in [2.45, 2.75) is 19.6 Å². The van der Waals surface area contributed by atoms with Gasteiger partial charge in [0.1, 0.15) is 12.4 Å². The lowest BCUT2D eigenvalue weighted by Gasteiger charge is -2.15. The summed E-state index contributed by atoms with van der Waals surface area (Å²) in [6.07, 6.45) is 0.777. The minimum absolute atomic E-state index is 0.0140. The second kappa shape index (κ2) is 11.4. The lowest BCUT2D eigenvalue weighted by molar-refractivity contribution is 0.277. The van der Waals surface area contributed by atoms with Crippen LogP contribution in [0.1, 0.15) is 16.7 Å². The topological polar surface area (TPSA) is 30.5 Å². The van der Waals surface area contributed by atoms with Gasteiger partial charge >= 0.3 is 0 Å². The van der Waals surface area contributed by atoms with Crippen molar-refractivity contribution in [2.75, 3.05) is 13.7 Å². The maximum atomic E-state index is 14.0. The number of rotatable bonds is 9. The van der Waals surface area contributed by atoms with E-state index in [2.05, 4.69) is 21.2 Å². The Morgan fingerprint density at radius 3 is 2.55 bits per heavy atom. The van der Waals surface area contributed by atoms with Crippen molar-refractivity contribution in [3.8, 4) is 11.5 Å². The molecule has 0 saturated carbocycles. The van der Waals surface area contributed by atoms with E-state index in [9.17, 15) is 4.39 Å². The predicted octanol–water partition coefficient (Wildman–Crippen LogP) is 7.47. The summed E-state index contributed by atoms with van der Waals surface area (Å²) in [5, 5.41) is 4.99. The van der Waals surface area contributed by atoms with Gasteiger partial charge in [-0.1, -0.05) is 46.9 Å². The van der Waals surface area contributed by atoms with Gasteiger partial charge in [-0.2, -0.15) is 0 Å². The van der Waals surface area contributed by atoms with E-state index >= 15 is 0 Å². The Balaban J connectivity index is 1.62. The summed E-state index contributed by atoms with van der Waals surface area (Å²) in [5.74, 6) is 0.613. The van der Waals surface area contributed by atoms with Crippen molar-refractivity contribution in [1.82, 2.24) is 5.32 Å². The summed E-state index contributed by atoms with van der Waals surface area (Å²) in [5.41, 5.74) is 2.33. The number of hydrogen-bond acceptors (Lipinski definition) is 3. The van der Waals surface area contributed by atoms with E-state index in [-0.39, 0.29) is 6.61 Å². The van der Waals surface area contributed by atoms with Gasteiger partial charge in [0.2, 0.25) is 0 Å². The first-order valence-electron chi connectivity index (χ1n) is 9.45. The summed E-state index contributed by atoms with van der Waals surface area (Å²) in [4.78, 5) is 0. The van der Waals surface area contributed by atoms with Crippen LogP contribution in [0.2, 0.25) is 15.1 Å². The van der Waals surface area contributed by atoms with E-state index in [4.69, 9.17) is 44.3 Å². The molecule has 0 aliphatic heterocycles. The Bertz CT molecular complexity index is 1040. The molecule has 3 aromatic rings. The highest BCUT2D eigenvalue weighted by atomic mass is 79.9. The number of nitrogens with one attached hydrogen (secondary N) is 1. The smallest absolute Gasteiger partial charge is 0.175 e. The first-order chi connectivity index (χ1) is 14.9. The first kappa shape index (κ1) is 24.1. The van der Waals surface area contributed by atoms with Gasteiger partial charge in [0.15, 0.2) is 11.5 Å². The molecule has 3 aromatic carbocycles. The third-order valence-corrected chi connectivity index (χ3v) is 6.16. The molecule has 0 heterocycles. The van der Waals surface area contributed by atoms with Gasteiger partial charge in [-0.15, -0.1) is 0 Å². The molecule has 0 spiro atoms. The fourth-order valence-corrected chi connectivity index (χ4v) is 4.33. The molecule has 0 atom stereocenters. The number of methoxy groups -OCH3 is 1. The maximum absolute atomic E-state index is 14.0. The third-order valence-electron chi connectivity index (χ3n) is 4.63. The maximum Gasteiger partial charge on any atom is 0.175 e. The number of benzene rings is 3. The van der Waals surface area contributed by atoms with Crippen LogP contribution >= 0.6 is 50.7 Å². The van der Waals surface area contributed by atoms with Crippen LogP contribution in [-0.2, 0) is 19.6 Å². The Morgan fingerprint density at radius 1 is 1.03 bits per heavy atom. The highest BCUT2D eigenvalue weighted by molar-refractivity contribution is 9.10. The summed E-state index contributed by atoms with van der Waals surface area (Å²) in [6.45, 7) is 1.35. The molecule has 0 unspecified atom stereocenters. The fraction of sp³-hybridized carbons (Fsp3) is 0.217. The lowest BCUT2D eigenvalue weighted by Crippen LogP contribution is -2.17. The second-order valence-electron chi connectivity index (χ2n) is 6.76. The van der Waals surface area contributed by atoms with Crippen LogP contribution in [-0.4, -0.2) is 13.7 Å². The summed E-state index contributed by atoms with van der Waals surface area (Å²) in [6, 6.07) is 13.9. The van der Waals surface area contributed by atoms with Gasteiger partial charge < -0.3 is 14.8 Å². The third kappa shape index (κ3) is 6.50. The average Bonchev–Trinajstić information content (AvgIpc) is 2.73. The summed E-state index contributed by atoms with van der Waals surface area (Å²) < 4.78 is 26.0. The van der Waals surface area contributed by atoms with Gasteiger partial charge in [-0.25, -0.2) is 4.39 Å². The molecular weight excluding hydrogens is 528 g/mol. The van der Waals surface area contributed by atoms with E-state index in [1.54, 1.807) is 25.3 Å². The van der Waals surface area contributed by atoms with Crippen LogP contribution in [0.25, 0.3) is 0 Å². The molecule has 0 aromatic heterocycles. The van der Waals surface area contributed by atoms with Gasteiger partial charge in [0.25, 0.3) is 0 Å². The fourth-order valence-electron chi connectivity index (χ4n) is 3.01. The first-order valence-corrected chi connectivity index (χ1v) is 11.4. The van der Waals surface area contributed by atoms with Crippen molar-refractivity contribution in [3.05, 3.63) is 90.6 Å². The molecule has 0 bridgehead atoms. The van der Waals surface area contributed by atoms with Crippen LogP contribution in [0.3, 0.4) is 0 Å². The van der Waals surface area contributed by atoms with Gasteiger partial charge in [-0.3, -0.25) is 0 Å². The number of ether oxygens (including phenoxy) is 2. The summed E-state index contributed by atoms with van der Waals surface area (Å²) in [7, 11) is 1.56. The normalized spacial score (nSPS) is 10.9. The van der Waals surface area contributed by atoms with Gasteiger partial charge in [0.05, 0.1) is 16.6 Å². The van der Waals surface area contributed by atoms with Crippen LogP contribution in [0.15, 0.2) is 53.0 Å². The lowest BCUT2D eigenvalue weighted by atomic mass is 10.1. The summed E-state index contributed by atoms with van der Waals surface area (Å²) >= 11 is 21.8. The standard InChI is InChI=1S/C23H20BrCl3FNO2/c1-30-22-10-14(12-29-8-7-15-5-6-16(25)11-20(15)27)9-18(24)23(22)31-13-17-19(26)3-2-4-21(17)28/h2-6,9-11,29H,7-8,12-13H2,1H3. The zero-order valence-electron chi connectivity index (χ0n) is 16.7. The van der Waals surface area contributed by atoms with E-state index in [1.165, 1.54) is 6.07 Å². The van der Waals surface area contributed by atoms with E-state index in [0.717, 1.165) is 24.1 Å². The monoisotopic (exact) mass is 545 g/mol. The van der Waals surface area contributed by atoms with Crippen molar-refractivity contribution in [2.24, 2.45) is 0 Å². The van der Waals surface area contributed by atoms with Gasteiger partial charge in [0, 0.05) is 22.2 Å². The predicted molar refractivity (Wildman–Crippen MR) is 128 cm³/mol. The van der Waals surface area contributed by atoms with Crippen LogP contribution in [0.4, 0.5) is 4.39 Å². The van der Waals surface area contributed by atoms with Gasteiger partial charge in [-0.05, 0) is 76.4 Å². The Morgan fingerprint density at radius 2 is 1.84 bits per heavy atom.